The Balaban J connectivity index is 1.78. The first-order valence-corrected chi connectivity index (χ1v) is 6.49. The molecule has 0 amide bonds. The predicted octanol–water partition coefficient (Wildman–Crippen LogP) is 3.39. The second-order valence-corrected chi connectivity index (χ2v) is 4.64. The lowest BCUT2D eigenvalue weighted by Gasteiger charge is -2.06. The molecule has 2 aliphatic rings. The van der Waals surface area contributed by atoms with E-state index in [2.05, 4.69) is 72.4 Å². The van der Waals surface area contributed by atoms with E-state index < -0.39 is 0 Å². The van der Waals surface area contributed by atoms with Crippen LogP contribution in [0.15, 0.2) is 58.6 Å². The lowest BCUT2D eigenvalue weighted by atomic mass is 10.1. The topological polar surface area (TPSA) is 24.7 Å². The van der Waals surface area contributed by atoms with Gasteiger partial charge in [-0.3, -0.25) is 9.98 Å². The van der Waals surface area contributed by atoms with Gasteiger partial charge in [-0.2, -0.15) is 0 Å². The number of nitrogens with zero attached hydrogens (tertiary/aromatic N) is 2. The molecule has 0 fully saturated rings. The Labute approximate surface area is 109 Å². The Morgan fingerprint density at radius 2 is 1.06 bits per heavy atom. The van der Waals surface area contributed by atoms with Crippen LogP contribution < -0.4 is 0 Å². The maximum atomic E-state index is 4.58. The van der Waals surface area contributed by atoms with Gasteiger partial charge in [0, 0.05) is 23.3 Å². The second-order valence-electron chi connectivity index (χ2n) is 4.64. The van der Waals surface area contributed by atoms with Gasteiger partial charge < -0.3 is 0 Å². The van der Waals surface area contributed by atoms with Crippen LogP contribution in [0.2, 0.25) is 0 Å². The number of hydrogen-bond acceptors (Lipinski definition) is 2. The summed E-state index contributed by atoms with van der Waals surface area (Å²) in [5.41, 5.74) is 2.35. The van der Waals surface area contributed by atoms with E-state index in [9.17, 15) is 0 Å². The Bertz CT molecular complexity index is 393. The van der Waals surface area contributed by atoms with Crippen LogP contribution in [0.3, 0.4) is 0 Å². The van der Waals surface area contributed by atoms with Crippen molar-refractivity contribution in [2.75, 3.05) is 13.1 Å². The van der Waals surface area contributed by atoms with Crippen LogP contribution in [0.4, 0.5) is 0 Å². The molecule has 0 aromatic rings. The molecule has 0 unspecified atom stereocenters. The van der Waals surface area contributed by atoms with Gasteiger partial charge in [0.25, 0.3) is 0 Å². The summed E-state index contributed by atoms with van der Waals surface area (Å²) < 4.78 is 0. The third-order valence-electron chi connectivity index (χ3n) is 3.28. The smallest absolute Gasteiger partial charge is 0.0584 e. The van der Waals surface area contributed by atoms with E-state index in [1.807, 2.05) is 0 Å². The minimum Gasteiger partial charge on any atom is -0.292 e. The maximum Gasteiger partial charge on any atom is 0.0584 e. The van der Waals surface area contributed by atoms with Gasteiger partial charge in [0.1, 0.15) is 0 Å². The Morgan fingerprint density at radius 1 is 0.722 bits per heavy atom. The highest BCUT2D eigenvalue weighted by Gasteiger charge is 2.07. The molecule has 0 saturated heterocycles. The first-order valence-electron chi connectivity index (χ1n) is 6.49. The predicted molar refractivity (Wildman–Crippen MR) is 79.5 cm³/mol. The van der Waals surface area contributed by atoms with Gasteiger partial charge in [-0.05, 0) is 13.8 Å². The molecular weight excluding hydrogens is 220 g/mol. The van der Waals surface area contributed by atoms with E-state index in [4.69, 9.17) is 0 Å². The molecule has 2 aliphatic carbocycles. The van der Waals surface area contributed by atoms with Crippen molar-refractivity contribution < 1.29 is 0 Å². The van der Waals surface area contributed by atoms with E-state index in [0.717, 1.165) is 13.1 Å². The molecule has 2 rings (SSSR count). The van der Waals surface area contributed by atoms with Crippen molar-refractivity contribution in [2.45, 2.75) is 13.8 Å². The Hall–Kier alpha value is -1.70. The monoisotopic (exact) mass is 240 g/mol. The number of hydrogen-bond donors (Lipinski definition) is 0. The van der Waals surface area contributed by atoms with E-state index in [0.29, 0.717) is 11.8 Å². The van der Waals surface area contributed by atoms with Crippen LogP contribution in [-0.2, 0) is 0 Å². The fourth-order valence-corrected chi connectivity index (χ4v) is 2.08. The number of aliphatic imine (C=N–C) groups is 2. The molecule has 18 heavy (non-hydrogen) atoms. The largest absolute Gasteiger partial charge is 0.292 e. The zero-order valence-corrected chi connectivity index (χ0v) is 11.1. The highest BCUT2D eigenvalue weighted by atomic mass is 14.8. The van der Waals surface area contributed by atoms with Crippen molar-refractivity contribution in [1.29, 1.82) is 0 Å². The van der Waals surface area contributed by atoms with Crippen LogP contribution in [0.5, 0.6) is 0 Å². The molecule has 0 spiro atoms. The van der Waals surface area contributed by atoms with Gasteiger partial charge in [0.2, 0.25) is 0 Å². The standard InChI is InChI=1S/C16H20N2/c1-13(15-7-3-4-8-15)17-11-12-18-14(2)16-9-5-6-10-16/h3-10,15-16H,11-12H2,1-2H3. The molecular formula is C16H20N2. The quantitative estimate of drug-likeness (QED) is 0.520. The molecule has 0 atom stereocenters. The molecule has 2 heteroatoms. The molecule has 0 saturated carbocycles. The second kappa shape index (κ2) is 6.29. The molecule has 0 radical (unpaired) electrons. The van der Waals surface area contributed by atoms with Gasteiger partial charge >= 0.3 is 0 Å². The number of rotatable bonds is 5. The highest BCUT2D eigenvalue weighted by Crippen LogP contribution is 2.12. The van der Waals surface area contributed by atoms with E-state index in [-0.39, 0.29) is 0 Å². The molecule has 0 bridgehead atoms. The van der Waals surface area contributed by atoms with Crippen molar-refractivity contribution in [1.82, 2.24) is 0 Å². The van der Waals surface area contributed by atoms with Crippen LogP contribution in [0.25, 0.3) is 0 Å². The lowest BCUT2D eigenvalue weighted by molar-refractivity contribution is 0.941. The third-order valence-corrected chi connectivity index (χ3v) is 3.28. The van der Waals surface area contributed by atoms with Gasteiger partial charge in [-0.15, -0.1) is 0 Å². The molecule has 2 nitrogen and oxygen atoms in total. The summed E-state index contributed by atoms with van der Waals surface area (Å²) in [4.78, 5) is 9.15. The van der Waals surface area contributed by atoms with Gasteiger partial charge in [0.05, 0.1) is 13.1 Å². The minimum absolute atomic E-state index is 0.399. The average molecular weight is 240 g/mol. The molecule has 0 aromatic carbocycles. The van der Waals surface area contributed by atoms with E-state index >= 15 is 0 Å². The van der Waals surface area contributed by atoms with Crippen molar-refractivity contribution >= 4 is 11.4 Å². The summed E-state index contributed by atoms with van der Waals surface area (Å²) in [5, 5.41) is 0. The lowest BCUT2D eigenvalue weighted by Crippen LogP contribution is -2.07. The molecule has 0 N–H and O–H groups in total. The molecule has 0 aliphatic heterocycles. The van der Waals surface area contributed by atoms with E-state index in [1.54, 1.807) is 0 Å². The summed E-state index contributed by atoms with van der Waals surface area (Å²) in [6, 6.07) is 0. The van der Waals surface area contributed by atoms with E-state index in [1.165, 1.54) is 11.4 Å². The Morgan fingerprint density at radius 3 is 1.39 bits per heavy atom. The van der Waals surface area contributed by atoms with Crippen LogP contribution in [0, 0.1) is 11.8 Å². The summed E-state index contributed by atoms with van der Waals surface area (Å²) >= 11 is 0. The minimum atomic E-state index is 0.399. The SMILES string of the molecule is CC(=NCCN=C(C)C1C=CC=C1)C1C=CC=C1. The fraction of sp³-hybridized carbons (Fsp3) is 0.375. The summed E-state index contributed by atoms with van der Waals surface area (Å²) in [7, 11) is 0. The summed E-state index contributed by atoms with van der Waals surface area (Å²) in [6.07, 6.45) is 17.0. The fourth-order valence-electron chi connectivity index (χ4n) is 2.08. The van der Waals surface area contributed by atoms with Crippen molar-refractivity contribution in [2.24, 2.45) is 21.8 Å². The average Bonchev–Trinajstić information content (AvgIpc) is 3.05. The zero-order valence-electron chi connectivity index (χ0n) is 11.1. The van der Waals surface area contributed by atoms with Crippen molar-refractivity contribution in [3.05, 3.63) is 48.6 Å². The van der Waals surface area contributed by atoms with Crippen molar-refractivity contribution in [3.8, 4) is 0 Å². The van der Waals surface area contributed by atoms with Crippen LogP contribution in [-0.4, -0.2) is 24.5 Å². The van der Waals surface area contributed by atoms with Gasteiger partial charge in [0.15, 0.2) is 0 Å². The Kier molecular flexibility index (Phi) is 4.46. The van der Waals surface area contributed by atoms with Crippen molar-refractivity contribution in [3.63, 3.8) is 0 Å². The number of allylic oxidation sites excluding steroid dienone is 8. The van der Waals surface area contributed by atoms with Crippen LogP contribution >= 0.6 is 0 Å². The normalized spacial score (nSPS) is 20.6. The summed E-state index contributed by atoms with van der Waals surface area (Å²) in [5.74, 6) is 0.798. The molecule has 94 valence electrons. The highest BCUT2D eigenvalue weighted by molar-refractivity contribution is 5.89. The zero-order chi connectivity index (χ0) is 12.8. The van der Waals surface area contributed by atoms with Gasteiger partial charge in [-0.1, -0.05) is 48.6 Å². The van der Waals surface area contributed by atoms with Crippen LogP contribution in [0.1, 0.15) is 13.8 Å². The third kappa shape index (κ3) is 3.39. The molecule has 0 aromatic heterocycles. The first kappa shape index (κ1) is 12.7. The summed E-state index contributed by atoms with van der Waals surface area (Å²) in [6.45, 7) is 5.73. The molecule has 0 heterocycles. The van der Waals surface area contributed by atoms with Gasteiger partial charge in [-0.25, -0.2) is 0 Å². The maximum absolute atomic E-state index is 4.58. The first-order chi connectivity index (χ1) is 8.77.